The summed E-state index contributed by atoms with van der Waals surface area (Å²) in [6.07, 6.45) is 7.48. The van der Waals surface area contributed by atoms with Crippen molar-refractivity contribution < 1.29 is 8.42 Å². The van der Waals surface area contributed by atoms with Crippen molar-refractivity contribution in [3.05, 3.63) is 53.1 Å². The molecule has 2 aromatic rings. The smallest absolute Gasteiger partial charge is 0.214 e. The van der Waals surface area contributed by atoms with Gasteiger partial charge in [0.25, 0.3) is 0 Å². The van der Waals surface area contributed by atoms with E-state index in [1.165, 1.54) is 4.31 Å². The number of sulfonamides is 1. The van der Waals surface area contributed by atoms with Crippen LogP contribution < -0.4 is 5.73 Å². The summed E-state index contributed by atoms with van der Waals surface area (Å²) in [5.41, 5.74) is 7.51. The topological polar surface area (TPSA) is 92.1 Å². The van der Waals surface area contributed by atoms with Gasteiger partial charge in [-0.25, -0.2) is 13.4 Å². The number of nitrogens with zero attached hydrogens (tertiary/aromatic N) is 2. The van der Waals surface area contributed by atoms with Crippen LogP contribution in [0.3, 0.4) is 0 Å². The zero-order chi connectivity index (χ0) is 18.8. The van der Waals surface area contributed by atoms with Crippen molar-refractivity contribution in [1.82, 2.24) is 14.3 Å². The SMILES string of the molecule is NCCCN(Cc1ccc(Cl)cc1)S(=O)(=O)CCCCCc1c[nH]cn1. The van der Waals surface area contributed by atoms with Crippen molar-refractivity contribution in [2.24, 2.45) is 5.73 Å². The van der Waals surface area contributed by atoms with Crippen molar-refractivity contribution in [2.45, 2.75) is 38.6 Å². The van der Waals surface area contributed by atoms with Crippen molar-refractivity contribution in [2.75, 3.05) is 18.8 Å². The minimum atomic E-state index is -3.31. The van der Waals surface area contributed by atoms with E-state index in [0.29, 0.717) is 37.5 Å². The maximum atomic E-state index is 12.7. The monoisotopic (exact) mass is 398 g/mol. The lowest BCUT2D eigenvalue weighted by molar-refractivity contribution is 0.400. The summed E-state index contributed by atoms with van der Waals surface area (Å²) in [6.45, 7) is 1.26. The van der Waals surface area contributed by atoms with E-state index in [-0.39, 0.29) is 5.75 Å². The van der Waals surface area contributed by atoms with Crippen molar-refractivity contribution in [3.63, 3.8) is 0 Å². The maximum absolute atomic E-state index is 12.7. The summed E-state index contributed by atoms with van der Waals surface area (Å²) in [4.78, 5) is 7.10. The number of aromatic amines is 1. The summed E-state index contributed by atoms with van der Waals surface area (Å²) in [7, 11) is -3.31. The molecule has 8 heteroatoms. The molecule has 0 unspecified atom stereocenters. The van der Waals surface area contributed by atoms with Crippen LogP contribution in [0.4, 0.5) is 0 Å². The van der Waals surface area contributed by atoms with Gasteiger partial charge in [-0.2, -0.15) is 4.31 Å². The Morgan fingerprint density at radius 1 is 1.12 bits per heavy atom. The molecule has 0 radical (unpaired) electrons. The van der Waals surface area contributed by atoms with Gasteiger partial charge in [0, 0.05) is 24.3 Å². The molecule has 0 aliphatic heterocycles. The Labute approximate surface area is 160 Å². The highest BCUT2D eigenvalue weighted by Crippen LogP contribution is 2.15. The van der Waals surface area contributed by atoms with Gasteiger partial charge in [-0.05, 0) is 49.9 Å². The lowest BCUT2D eigenvalue weighted by atomic mass is 10.2. The van der Waals surface area contributed by atoms with Crippen LogP contribution >= 0.6 is 11.6 Å². The molecule has 144 valence electrons. The fraction of sp³-hybridized carbons (Fsp3) is 0.500. The molecule has 0 amide bonds. The van der Waals surface area contributed by atoms with Crippen molar-refractivity contribution in [3.8, 4) is 0 Å². The normalized spacial score (nSPS) is 12.0. The summed E-state index contributed by atoms with van der Waals surface area (Å²) in [6, 6.07) is 7.27. The van der Waals surface area contributed by atoms with E-state index in [9.17, 15) is 8.42 Å². The molecule has 0 fully saturated rings. The molecule has 26 heavy (non-hydrogen) atoms. The van der Waals surface area contributed by atoms with Gasteiger partial charge in [-0.3, -0.25) is 0 Å². The third-order valence-electron chi connectivity index (χ3n) is 4.17. The molecule has 0 spiro atoms. The molecular formula is C18H27ClN4O2S. The zero-order valence-corrected chi connectivity index (χ0v) is 16.5. The predicted octanol–water partition coefficient (Wildman–Crippen LogP) is 2.96. The minimum Gasteiger partial charge on any atom is -0.351 e. The highest BCUT2D eigenvalue weighted by atomic mass is 35.5. The minimum absolute atomic E-state index is 0.158. The Morgan fingerprint density at radius 2 is 1.88 bits per heavy atom. The molecule has 0 saturated carbocycles. The molecule has 1 aromatic heterocycles. The fourth-order valence-electron chi connectivity index (χ4n) is 2.70. The van der Waals surface area contributed by atoms with E-state index in [0.717, 1.165) is 30.5 Å². The molecular weight excluding hydrogens is 372 g/mol. The van der Waals surface area contributed by atoms with E-state index in [1.807, 2.05) is 18.3 Å². The largest absolute Gasteiger partial charge is 0.351 e. The van der Waals surface area contributed by atoms with Crippen molar-refractivity contribution >= 4 is 21.6 Å². The molecule has 0 saturated heterocycles. The molecule has 0 aliphatic carbocycles. The van der Waals surface area contributed by atoms with Gasteiger partial charge in [-0.15, -0.1) is 0 Å². The van der Waals surface area contributed by atoms with E-state index < -0.39 is 10.0 Å². The number of hydrogen-bond donors (Lipinski definition) is 2. The van der Waals surface area contributed by atoms with Crippen LogP contribution in [0, 0.1) is 0 Å². The van der Waals surface area contributed by atoms with Crippen LogP contribution in [0.5, 0.6) is 0 Å². The second-order valence-corrected chi connectivity index (χ2v) is 8.81. The molecule has 2 rings (SSSR count). The number of hydrogen-bond acceptors (Lipinski definition) is 4. The van der Waals surface area contributed by atoms with Crippen LogP contribution in [0.2, 0.25) is 5.02 Å². The van der Waals surface area contributed by atoms with E-state index in [1.54, 1.807) is 18.5 Å². The second-order valence-electron chi connectivity index (χ2n) is 6.29. The molecule has 0 atom stereocenters. The molecule has 1 heterocycles. The number of imidazole rings is 1. The van der Waals surface area contributed by atoms with Gasteiger partial charge in [0.05, 0.1) is 17.8 Å². The summed E-state index contributed by atoms with van der Waals surface area (Å²) >= 11 is 5.90. The average Bonchev–Trinajstić information content (AvgIpc) is 3.13. The van der Waals surface area contributed by atoms with Gasteiger partial charge in [0.2, 0.25) is 10.0 Å². The van der Waals surface area contributed by atoms with Crippen LogP contribution in [0.15, 0.2) is 36.8 Å². The Morgan fingerprint density at radius 3 is 2.54 bits per heavy atom. The van der Waals surface area contributed by atoms with Gasteiger partial charge in [-0.1, -0.05) is 30.2 Å². The number of unbranched alkanes of at least 4 members (excludes halogenated alkanes) is 2. The van der Waals surface area contributed by atoms with Crippen LogP contribution in [-0.2, 0) is 23.0 Å². The first-order valence-corrected chi connectivity index (χ1v) is 10.9. The van der Waals surface area contributed by atoms with Gasteiger partial charge in [0.1, 0.15) is 0 Å². The van der Waals surface area contributed by atoms with Crippen LogP contribution in [0.1, 0.15) is 36.9 Å². The quantitative estimate of drug-likeness (QED) is 0.537. The Kier molecular flexibility index (Phi) is 8.58. The third-order valence-corrected chi connectivity index (χ3v) is 6.32. The first-order chi connectivity index (χ1) is 12.5. The van der Waals surface area contributed by atoms with Crippen LogP contribution in [-0.4, -0.2) is 41.5 Å². The Balaban J connectivity index is 1.86. The standard InChI is InChI=1S/C18H27ClN4O2S/c19-17-8-6-16(7-9-17)14-23(11-4-10-20)26(24,25)12-3-1-2-5-18-13-21-15-22-18/h6-9,13,15H,1-5,10-12,14,20H2,(H,21,22). The second kappa shape index (κ2) is 10.7. The number of aromatic nitrogens is 2. The summed E-state index contributed by atoms with van der Waals surface area (Å²) in [5, 5.41) is 0.641. The van der Waals surface area contributed by atoms with Gasteiger partial charge in [0.15, 0.2) is 0 Å². The highest BCUT2D eigenvalue weighted by molar-refractivity contribution is 7.89. The number of nitrogens with one attached hydrogen (secondary N) is 1. The third kappa shape index (κ3) is 7.07. The van der Waals surface area contributed by atoms with Crippen LogP contribution in [0.25, 0.3) is 0 Å². The highest BCUT2D eigenvalue weighted by Gasteiger charge is 2.21. The zero-order valence-electron chi connectivity index (χ0n) is 14.9. The summed E-state index contributed by atoms with van der Waals surface area (Å²) < 4.78 is 27.0. The van der Waals surface area contributed by atoms with E-state index in [4.69, 9.17) is 17.3 Å². The van der Waals surface area contributed by atoms with Gasteiger partial charge < -0.3 is 10.7 Å². The van der Waals surface area contributed by atoms with E-state index in [2.05, 4.69) is 9.97 Å². The molecule has 0 bridgehead atoms. The lowest BCUT2D eigenvalue weighted by Gasteiger charge is -2.22. The first kappa shape index (κ1) is 20.9. The molecule has 0 aliphatic rings. The summed E-state index contributed by atoms with van der Waals surface area (Å²) in [5.74, 6) is 0.158. The number of nitrogens with two attached hydrogens (primary N) is 1. The first-order valence-electron chi connectivity index (χ1n) is 8.91. The fourth-order valence-corrected chi connectivity index (χ4v) is 4.41. The Bertz CT molecular complexity index is 733. The number of halogens is 1. The van der Waals surface area contributed by atoms with Gasteiger partial charge >= 0.3 is 0 Å². The maximum Gasteiger partial charge on any atom is 0.214 e. The predicted molar refractivity (Wildman–Crippen MR) is 105 cm³/mol. The van der Waals surface area contributed by atoms with Crippen molar-refractivity contribution in [1.29, 1.82) is 0 Å². The number of H-pyrrole nitrogens is 1. The Hall–Kier alpha value is -1.41. The lowest BCUT2D eigenvalue weighted by Crippen LogP contribution is -2.34. The average molecular weight is 399 g/mol. The molecule has 3 N–H and O–H groups in total. The number of benzene rings is 1. The number of rotatable bonds is 12. The van der Waals surface area contributed by atoms with E-state index >= 15 is 0 Å². The number of aryl methyl sites for hydroxylation is 1. The molecule has 1 aromatic carbocycles. The molecule has 6 nitrogen and oxygen atoms in total.